The number of H-pyrrole nitrogens is 1. The Kier molecular flexibility index (Phi) is 6.52. The van der Waals surface area contributed by atoms with Gasteiger partial charge in [0, 0.05) is 40.0 Å². The zero-order chi connectivity index (χ0) is 24.5. The van der Waals surface area contributed by atoms with Crippen molar-refractivity contribution < 1.29 is 9.53 Å². The molecule has 0 radical (unpaired) electrons. The van der Waals surface area contributed by atoms with Gasteiger partial charge in [-0.1, -0.05) is 12.1 Å². The molecule has 0 bridgehead atoms. The summed E-state index contributed by atoms with van der Waals surface area (Å²) in [4.78, 5) is 13.0. The average Bonchev–Trinajstić information content (AvgIpc) is 3.27. The second-order valence-electron chi connectivity index (χ2n) is 10.00. The van der Waals surface area contributed by atoms with Crippen molar-refractivity contribution in [2.75, 3.05) is 0 Å². The van der Waals surface area contributed by atoms with Gasteiger partial charge in [-0.15, -0.1) is 0 Å². The molecule has 1 aliphatic rings. The van der Waals surface area contributed by atoms with Gasteiger partial charge >= 0.3 is 0 Å². The van der Waals surface area contributed by atoms with Crippen molar-refractivity contribution in [3.05, 3.63) is 64.4 Å². The minimum atomic E-state index is -0.120. The first-order chi connectivity index (χ1) is 16.1. The van der Waals surface area contributed by atoms with Crippen LogP contribution < -0.4 is 15.4 Å². The maximum Gasteiger partial charge on any atom is 0.251 e. The molecular formula is C26H28BrN5O2. The number of carbonyl (C=O) groups is 1. The molecule has 0 saturated carbocycles. The van der Waals surface area contributed by atoms with Crippen molar-refractivity contribution in [2.24, 2.45) is 0 Å². The molecule has 34 heavy (non-hydrogen) atoms. The third-order valence-electron chi connectivity index (χ3n) is 5.89. The predicted molar refractivity (Wildman–Crippen MR) is 135 cm³/mol. The number of aromatic nitrogens is 2. The van der Waals surface area contributed by atoms with Crippen LogP contribution in [-0.4, -0.2) is 33.2 Å². The number of nitrogens with one attached hydrogen (secondary N) is 3. The van der Waals surface area contributed by atoms with E-state index in [9.17, 15) is 10.1 Å². The predicted octanol–water partition coefficient (Wildman–Crippen LogP) is 5.54. The van der Waals surface area contributed by atoms with E-state index in [1.165, 1.54) is 0 Å². The van der Waals surface area contributed by atoms with Crippen molar-refractivity contribution in [1.82, 2.24) is 20.8 Å². The van der Waals surface area contributed by atoms with Crippen molar-refractivity contribution in [1.29, 1.82) is 5.26 Å². The summed E-state index contributed by atoms with van der Waals surface area (Å²) in [5, 5.41) is 23.3. The molecule has 176 valence electrons. The van der Waals surface area contributed by atoms with E-state index in [0.29, 0.717) is 27.1 Å². The van der Waals surface area contributed by atoms with Crippen LogP contribution in [0.3, 0.4) is 0 Å². The summed E-state index contributed by atoms with van der Waals surface area (Å²) in [7, 11) is 0. The second-order valence-corrected chi connectivity index (χ2v) is 10.9. The highest BCUT2D eigenvalue weighted by Crippen LogP contribution is 2.36. The molecule has 1 amide bonds. The van der Waals surface area contributed by atoms with E-state index in [1.807, 2.05) is 12.1 Å². The fourth-order valence-corrected chi connectivity index (χ4v) is 5.37. The van der Waals surface area contributed by atoms with Crippen molar-refractivity contribution in [3.63, 3.8) is 0 Å². The number of benzene rings is 2. The maximum absolute atomic E-state index is 13.0. The van der Waals surface area contributed by atoms with Crippen LogP contribution in [0.1, 0.15) is 56.5 Å². The van der Waals surface area contributed by atoms with Crippen LogP contribution in [0.15, 0.2) is 53.3 Å². The van der Waals surface area contributed by atoms with Gasteiger partial charge in [0.15, 0.2) is 0 Å². The molecule has 1 aromatic heterocycles. The van der Waals surface area contributed by atoms with Gasteiger partial charge in [-0.3, -0.25) is 9.89 Å². The van der Waals surface area contributed by atoms with Crippen molar-refractivity contribution in [2.45, 2.75) is 57.7 Å². The molecule has 1 fully saturated rings. The minimum absolute atomic E-state index is 0.0541. The highest BCUT2D eigenvalue weighted by Gasteiger charge is 2.38. The standard InChI is InChI=1S/C26H28BrN5O2/c1-25(2)11-18(12-26(3,4)32-25)31-24(33)16-8-9-23(21(27)10-16)34-22-7-5-6-19(20(22)13-28)17-14-29-30-15-17/h5-10,14-15,18,32H,11-12H2,1-4H3,(H,29,30)(H,31,33). The molecule has 0 unspecified atom stereocenters. The van der Waals surface area contributed by atoms with Gasteiger partial charge in [-0.2, -0.15) is 10.4 Å². The van der Waals surface area contributed by atoms with Gasteiger partial charge < -0.3 is 15.4 Å². The summed E-state index contributed by atoms with van der Waals surface area (Å²) in [6.07, 6.45) is 5.10. The molecule has 7 nitrogen and oxygen atoms in total. The lowest BCUT2D eigenvalue weighted by atomic mass is 9.79. The maximum atomic E-state index is 13.0. The van der Waals surface area contributed by atoms with E-state index in [0.717, 1.165) is 24.0 Å². The fourth-order valence-electron chi connectivity index (χ4n) is 4.91. The summed E-state index contributed by atoms with van der Waals surface area (Å²) >= 11 is 3.53. The van der Waals surface area contributed by atoms with Gasteiger partial charge in [0.1, 0.15) is 23.1 Å². The Balaban J connectivity index is 1.52. The number of hydrogen-bond donors (Lipinski definition) is 3. The highest BCUT2D eigenvalue weighted by atomic mass is 79.9. The zero-order valence-electron chi connectivity index (χ0n) is 19.7. The van der Waals surface area contributed by atoms with E-state index in [-0.39, 0.29) is 23.0 Å². The van der Waals surface area contributed by atoms with Gasteiger partial charge in [0.25, 0.3) is 5.91 Å². The smallest absolute Gasteiger partial charge is 0.251 e. The first kappa shape index (κ1) is 24.0. The van der Waals surface area contributed by atoms with E-state index in [2.05, 4.69) is 70.5 Å². The Labute approximate surface area is 208 Å². The Hall–Kier alpha value is -3.15. The van der Waals surface area contributed by atoms with E-state index in [4.69, 9.17) is 4.74 Å². The quantitative estimate of drug-likeness (QED) is 0.408. The first-order valence-electron chi connectivity index (χ1n) is 11.2. The molecule has 0 aliphatic carbocycles. The molecule has 0 atom stereocenters. The number of carbonyl (C=O) groups excluding carboxylic acids is 1. The minimum Gasteiger partial charge on any atom is -0.455 e. The Morgan fingerprint density at radius 2 is 1.91 bits per heavy atom. The lowest BCUT2D eigenvalue weighted by Crippen LogP contribution is -2.62. The largest absolute Gasteiger partial charge is 0.455 e. The van der Waals surface area contributed by atoms with Gasteiger partial charge in [0.05, 0.1) is 10.7 Å². The van der Waals surface area contributed by atoms with Gasteiger partial charge in [-0.05, 0) is 80.7 Å². The third-order valence-corrected chi connectivity index (χ3v) is 6.51. The highest BCUT2D eigenvalue weighted by molar-refractivity contribution is 9.10. The van der Waals surface area contributed by atoms with E-state index >= 15 is 0 Å². The van der Waals surface area contributed by atoms with Crippen LogP contribution in [0, 0.1) is 11.3 Å². The number of ether oxygens (including phenoxy) is 1. The molecule has 2 aromatic carbocycles. The van der Waals surface area contributed by atoms with Crippen LogP contribution >= 0.6 is 15.9 Å². The third kappa shape index (κ3) is 5.32. The number of hydrogen-bond acceptors (Lipinski definition) is 5. The van der Waals surface area contributed by atoms with Crippen LogP contribution in [0.2, 0.25) is 0 Å². The molecular weight excluding hydrogens is 494 g/mol. The van der Waals surface area contributed by atoms with E-state index in [1.54, 1.807) is 36.7 Å². The van der Waals surface area contributed by atoms with Crippen LogP contribution in [0.5, 0.6) is 11.5 Å². The Morgan fingerprint density at radius 1 is 1.18 bits per heavy atom. The molecule has 3 aromatic rings. The summed E-state index contributed by atoms with van der Waals surface area (Å²) < 4.78 is 6.70. The van der Waals surface area contributed by atoms with Crippen LogP contribution in [-0.2, 0) is 0 Å². The van der Waals surface area contributed by atoms with Gasteiger partial charge in [0.2, 0.25) is 0 Å². The number of halogens is 1. The SMILES string of the molecule is CC1(C)CC(NC(=O)c2ccc(Oc3cccc(-c4cn[nH]c4)c3C#N)c(Br)c2)CC(C)(C)N1. The number of piperidine rings is 1. The molecule has 4 rings (SSSR count). The summed E-state index contributed by atoms with van der Waals surface area (Å²) in [5.74, 6) is 0.824. The number of aromatic amines is 1. The van der Waals surface area contributed by atoms with Crippen LogP contribution in [0.4, 0.5) is 0 Å². The summed E-state index contributed by atoms with van der Waals surface area (Å²) in [6, 6.07) is 13.0. The monoisotopic (exact) mass is 521 g/mol. The van der Waals surface area contributed by atoms with Gasteiger partial charge in [-0.25, -0.2) is 0 Å². The topological polar surface area (TPSA) is 103 Å². The lowest BCUT2D eigenvalue weighted by molar-refractivity contribution is 0.0873. The second kappa shape index (κ2) is 9.24. The number of rotatable bonds is 5. The average molecular weight is 522 g/mol. The molecule has 8 heteroatoms. The number of nitrogens with zero attached hydrogens (tertiary/aromatic N) is 2. The molecule has 2 heterocycles. The van der Waals surface area contributed by atoms with Crippen molar-refractivity contribution >= 4 is 21.8 Å². The Bertz CT molecular complexity index is 1230. The first-order valence-corrected chi connectivity index (χ1v) is 12.0. The molecule has 1 aliphatic heterocycles. The summed E-state index contributed by atoms with van der Waals surface area (Å²) in [6.45, 7) is 8.64. The fraction of sp³-hybridized carbons (Fsp3) is 0.346. The summed E-state index contributed by atoms with van der Waals surface area (Å²) in [5.41, 5.74) is 2.38. The molecule has 0 spiro atoms. The zero-order valence-corrected chi connectivity index (χ0v) is 21.3. The number of amides is 1. The molecule has 3 N–H and O–H groups in total. The van der Waals surface area contributed by atoms with Crippen molar-refractivity contribution in [3.8, 4) is 28.7 Å². The Morgan fingerprint density at radius 3 is 2.53 bits per heavy atom. The lowest BCUT2D eigenvalue weighted by Gasteiger charge is -2.46. The normalized spacial score (nSPS) is 17.1. The van der Waals surface area contributed by atoms with Crippen LogP contribution in [0.25, 0.3) is 11.1 Å². The number of nitriles is 1. The molecule has 1 saturated heterocycles. The van der Waals surface area contributed by atoms with E-state index < -0.39 is 0 Å².